The lowest BCUT2D eigenvalue weighted by atomic mass is 9.86. The average molecular weight is 286 g/mol. The molecule has 0 heterocycles. The minimum absolute atomic E-state index is 0.275. The van der Waals surface area contributed by atoms with Gasteiger partial charge in [0.15, 0.2) is 0 Å². The first-order valence-corrected chi connectivity index (χ1v) is 8.92. The number of hydrogen-bond donors (Lipinski definition) is 1. The largest absolute Gasteiger partial charge is 0.395 e. The summed E-state index contributed by atoms with van der Waals surface area (Å²) in [6.07, 6.45) is 14.7. The molecule has 0 aromatic heterocycles. The van der Waals surface area contributed by atoms with Crippen molar-refractivity contribution in [3.05, 3.63) is 0 Å². The van der Waals surface area contributed by atoms with Gasteiger partial charge in [0.25, 0.3) is 0 Å². The van der Waals surface area contributed by atoms with Crippen LogP contribution in [0.25, 0.3) is 0 Å². The Balaban J connectivity index is 4.15. The molecule has 0 radical (unpaired) electrons. The number of nitrogens with zero attached hydrogens (tertiary/aromatic N) is 1. The van der Waals surface area contributed by atoms with E-state index in [1.807, 2.05) is 0 Å². The van der Waals surface area contributed by atoms with E-state index in [1.54, 1.807) is 0 Å². The lowest BCUT2D eigenvalue weighted by Gasteiger charge is -2.39. The van der Waals surface area contributed by atoms with Gasteiger partial charge in [-0.05, 0) is 26.8 Å². The Morgan fingerprint density at radius 2 is 1.25 bits per heavy atom. The molecule has 1 unspecified atom stereocenters. The highest BCUT2D eigenvalue weighted by Crippen LogP contribution is 2.28. The van der Waals surface area contributed by atoms with Crippen LogP contribution in [0.3, 0.4) is 0 Å². The fraction of sp³-hybridized carbons (Fsp3) is 1.00. The molecule has 0 bridgehead atoms. The summed E-state index contributed by atoms with van der Waals surface area (Å²) in [5.74, 6) is 0. The first-order chi connectivity index (χ1) is 9.60. The lowest BCUT2D eigenvalue weighted by Crippen LogP contribution is -2.45. The highest BCUT2D eigenvalue weighted by atomic mass is 16.3. The number of unbranched alkanes of at least 4 members (excludes halogenated alkanes) is 7. The van der Waals surface area contributed by atoms with E-state index in [-0.39, 0.29) is 12.1 Å². The summed E-state index contributed by atoms with van der Waals surface area (Å²) in [7, 11) is 2.18. The predicted octanol–water partition coefficient (Wildman–Crippen LogP) is 5.00. The van der Waals surface area contributed by atoms with Crippen LogP contribution in [0.2, 0.25) is 0 Å². The van der Waals surface area contributed by atoms with Gasteiger partial charge < -0.3 is 5.11 Å². The van der Waals surface area contributed by atoms with E-state index >= 15 is 0 Å². The van der Waals surface area contributed by atoms with Crippen molar-refractivity contribution in [2.24, 2.45) is 0 Å². The normalized spacial score (nSPS) is 14.7. The zero-order valence-corrected chi connectivity index (χ0v) is 14.6. The van der Waals surface area contributed by atoms with E-state index < -0.39 is 0 Å². The first-order valence-electron chi connectivity index (χ1n) is 8.92. The Bertz CT molecular complexity index is 208. The molecule has 0 spiro atoms. The number of β-amino-alcohol motifs (C(OH)–C–C–N with tert-alkyl or cyclic N) is 1. The maximum absolute atomic E-state index is 9.21. The Morgan fingerprint density at radius 3 is 1.70 bits per heavy atom. The Hall–Kier alpha value is -0.0800. The molecule has 1 N–H and O–H groups in total. The molecule has 0 saturated heterocycles. The van der Waals surface area contributed by atoms with Crippen LogP contribution in [-0.4, -0.2) is 35.7 Å². The maximum Gasteiger partial charge on any atom is 0.0558 e. The van der Waals surface area contributed by atoms with Crippen molar-refractivity contribution in [3.63, 3.8) is 0 Å². The number of aliphatic hydroxyl groups excluding tert-OH is 1. The van der Waals surface area contributed by atoms with Gasteiger partial charge in [0, 0.05) is 12.1 Å². The van der Waals surface area contributed by atoms with Gasteiger partial charge >= 0.3 is 0 Å². The number of hydrogen-bond acceptors (Lipinski definition) is 2. The van der Waals surface area contributed by atoms with E-state index in [0.29, 0.717) is 0 Å². The Morgan fingerprint density at radius 1 is 0.800 bits per heavy atom. The minimum Gasteiger partial charge on any atom is -0.395 e. The number of likely N-dealkylation sites (N-methyl/N-ethyl adjacent to an activating group) is 1. The summed E-state index contributed by atoms with van der Waals surface area (Å²) in [6.45, 7) is 8.02. The van der Waals surface area contributed by atoms with Crippen molar-refractivity contribution >= 4 is 0 Å². The smallest absolute Gasteiger partial charge is 0.0558 e. The van der Waals surface area contributed by atoms with Crippen molar-refractivity contribution < 1.29 is 5.11 Å². The van der Waals surface area contributed by atoms with Crippen molar-refractivity contribution in [1.29, 1.82) is 0 Å². The van der Waals surface area contributed by atoms with Crippen molar-refractivity contribution in [1.82, 2.24) is 4.90 Å². The van der Waals surface area contributed by atoms with Crippen LogP contribution in [0.1, 0.15) is 91.4 Å². The SMILES string of the molecule is CCCCCCCC(C)(CCCCCC)N(C)CCO. The predicted molar refractivity (Wildman–Crippen MR) is 90.3 cm³/mol. The van der Waals surface area contributed by atoms with Crippen LogP contribution in [0, 0.1) is 0 Å². The van der Waals surface area contributed by atoms with Crippen LogP contribution < -0.4 is 0 Å². The second-order valence-electron chi connectivity index (χ2n) is 6.62. The average Bonchev–Trinajstić information content (AvgIpc) is 2.44. The molecule has 0 aliphatic rings. The fourth-order valence-corrected chi connectivity index (χ4v) is 2.97. The van der Waals surface area contributed by atoms with Crippen LogP contribution in [0.15, 0.2) is 0 Å². The molecule has 0 saturated carbocycles. The second-order valence-corrected chi connectivity index (χ2v) is 6.62. The second kappa shape index (κ2) is 12.6. The van der Waals surface area contributed by atoms with Gasteiger partial charge in [0.05, 0.1) is 6.61 Å². The molecular weight excluding hydrogens is 246 g/mol. The highest BCUT2D eigenvalue weighted by Gasteiger charge is 2.27. The number of aliphatic hydroxyl groups is 1. The van der Waals surface area contributed by atoms with Gasteiger partial charge in [-0.25, -0.2) is 0 Å². The van der Waals surface area contributed by atoms with Crippen LogP contribution in [0.4, 0.5) is 0 Å². The molecule has 0 fully saturated rings. The molecule has 2 heteroatoms. The Kier molecular flexibility index (Phi) is 12.6. The summed E-state index contributed by atoms with van der Waals surface area (Å²) in [4.78, 5) is 2.39. The zero-order valence-electron chi connectivity index (χ0n) is 14.6. The molecule has 0 amide bonds. The van der Waals surface area contributed by atoms with Gasteiger partial charge in [-0.15, -0.1) is 0 Å². The van der Waals surface area contributed by atoms with Crippen molar-refractivity contribution in [2.75, 3.05) is 20.2 Å². The topological polar surface area (TPSA) is 23.5 Å². The van der Waals surface area contributed by atoms with Gasteiger partial charge in [-0.2, -0.15) is 0 Å². The van der Waals surface area contributed by atoms with Crippen LogP contribution in [0.5, 0.6) is 0 Å². The summed E-state index contributed by atoms with van der Waals surface area (Å²) < 4.78 is 0. The van der Waals surface area contributed by atoms with Gasteiger partial charge in [-0.1, -0.05) is 71.6 Å². The molecule has 0 aliphatic heterocycles. The number of rotatable bonds is 14. The van der Waals surface area contributed by atoms with E-state index in [9.17, 15) is 5.11 Å². The summed E-state index contributed by atoms with van der Waals surface area (Å²) >= 11 is 0. The molecule has 0 aromatic rings. The molecule has 0 aliphatic carbocycles. The maximum atomic E-state index is 9.21. The molecule has 1 atom stereocenters. The molecule has 0 rings (SSSR count). The summed E-state index contributed by atoms with van der Waals surface area (Å²) in [6, 6.07) is 0. The molecule has 0 aromatic carbocycles. The summed E-state index contributed by atoms with van der Waals surface area (Å²) in [5, 5.41) is 9.21. The first kappa shape index (κ1) is 19.9. The minimum atomic E-state index is 0.275. The van der Waals surface area contributed by atoms with Gasteiger partial charge in [0.1, 0.15) is 0 Å². The van der Waals surface area contributed by atoms with E-state index in [2.05, 4.69) is 32.7 Å². The Labute approximate surface area is 127 Å². The summed E-state index contributed by atoms with van der Waals surface area (Å²) in [5.41, 5.74) is 0.280. The van der Waals surface area contributed by atoms with Crippen molar-refractivity contribution in [2.45, 2.75) is 96.9 Å². The lowest BCUT2D eigenvalue weighted by molar-refractivity contribution is 0.0870. The fourth-order valence-electron chi connectivity index (χ4n) is 2.97. The van der Waals surface area contributed by atoms with E-state index in [0.717, 1.165) is 6.54 Å². The van der Waals surface area contributed by atoms with Crippen LogP contribution >= 0.6 is 0 Å². The molecule has 2 nitrogen and oxygen atoms in total. The quantitative estimate of drug-likeness (QED) is 0.454. The van der Waals surface area contributed by atoms with Gasteiger partial charge in [0.2, 0.25) is 0 Å². The standard InChI is InChI=1S/C18H39NO/c1-5-7-9-11-13-15-18(3,19(4)16-17-20)14-12-10-8-6-2/h20H,5-17H2,1-4H3. The molecular formula is C18H39NO. The molecule has 122 valence electrons. The highest BCUT2D eigenvalue weighted by molar-refractivity contribution is 4.84. The van der Waals surface area contributed by atoms with Crippen molar-refractivity contribution in [3.8, 4) is 0 Å². The molecule has 20 heavy (non-hydrogen) atoms. The third kappa shape index (κ3) is 8.97. The van der Waals surface area contributed by atoms with E-state index in [1.165, 1.54) is 70.6 Å². The zero-order chi connectivity index (χ0) is 15.3. The van der Waals surface area contributed by atoms with E-state index in [4.69, 9.17) is 0 Å². The monoisotopic (exact) mass is 285 g/mol. The van der Waals surface area contributed by atoms with Crippen LogP contribution in [-0.2, 0) is 0 Å². The van der Waals surface area contributed by atoms with Gasteiger partial charge in [-0.3, -0.25) is 4.90 Å². The third-order valence-corrected chi connectivity index (χ3v) is 4.74. The third-order valence-electron chi connectivity index (χ3n) is 4.74.